The van der Waals surface area contributed by atoms with Crippen LogP contribution in [-0.4, -0.2) is 48.9 Å². The van der Waals surface area contributed by atoms with Crippen molar-refractivity contribution in [2.45, 2.75) is 48.9 Å². The van der Waals surface area contributed by atoms with Gasteiger partial charge >= 0.3 is 23.8 Å². The zero-order valence-corrected chi connectivity index (χ0v) is 11.1. The molecule has 0 aliphatic heterocycles. The van der Waals surface area contributed by atoms with E-state index in [0.29, 0.717) is 0 Å². The molecular formula is C10H5F15. The van der Waals surface area contributed by atoms with E-state index in [9.17, 15) is 65.9 Å². The van der Waals surface area contributed by atoms with Crippen molar-refractivity contribution >= 4 is 0 Å². The molecule has 0 aliphatic rings. The second-order valence-corrected chi connectivity index (χ2v) is 4.42. The SMILES string of the molecule is FC(F)=C(F)C(F)(F)C(F)(F)C(F)(F)C(F)C(F)C(F)C(F)C(F)F. The van der Waals surface area contributed by atoms with Gasteiger partial charge in [-0.3, -0.25) is 0 Å². The molecule has 0 saturated heterocycles. The van der Waals surface area contributed by atoms with E-state index in [2.05, 4.69) is 0 Å². The molecule has 0 aromatic carbocycles. The van der Waals surface area contributed by atoms with Crippen molar-refractivity contribution in [2.75, 3.05) is 0 Å². The summed E-state index contributed by atoms with van der Waals surface area (Å²) >= 11 is 0. The Morgan fingerprint density at radius 2 is 1.00 bits per heavy atom. The molecule has 0 aliphatic carbocycles. The number of halogens is 15. The van der Waals surface area contributed by atoms with Gasteiger partial charge in [0.05, 0.1) is 0 Å². The fourth-order valence-corrected chi connectivity index (χ4v) is 1.31. The van der Waals surface area contributed by atoms with Crippen molar-refractivity contribution in [2.24, 2.45) is 0 Å². The zero-order chi connectivity index (χ0) is 20.5. The van der Waals surface area contributed by atoms with Gasteiger partial charge in [-0.25, -0.2) is 26.3 Å². The minimum Gasteiger partial charge on any atom is -0.241 e. The molecule has 4 unspecified atom stereocenters. The Labute approximate surface area is 128 Å². The van der Waals surface area contributed by atoms with E-state index in [4.69, 9.17) is 0 Å². The summed E-state index contributed by atoms with van der Waals surface area (Å²) in [4.78, 5) is 0. The lowest BCUT2D eigenvalue weighted by Crippen LogP contribution is -2.62. The van der Waals surface area contributed by atoms with Crippen molar-refractivity contribution in [1.82, 2.24) is 0 Å². The van der Waals surface area contributed by atoms with Crippen LogP contribution in [0.2, 0.25) is 0 Å². The average molecular weight is 410 g/mol. The monoisotopic (exact) mass is 410 g/mol. The van der Waals surface area contributed by atoms with Crippen LogP contribution in [0.15, 0.2) is 11.9 Å². The highest BCUT2D eigenvalue weighted by Crippen LogP contribution is 2.53. The quantitative estimate of drug-likeness (QED) is 0.458. The lowest BCUT2D eigenvalue weighted by Gasteiger charge is -2.34. The summed E-state index contributed by atoms with van der Waals surface area (Å²) in [6.07, 6.45) is -27.7. The van der Waals surface area contributed by atoms with Crippen LogP contribution in [0.5, 0.6) is 0 Å². The molecule has 0 nitrogen and oxygen atoms in total. The molecule has 0 saturated carbocycles. The van der Waals surface area contributed by atoms with Gasteiger partial charge in [-0.1, -0.05) is 0 Å². The Kier molecular flexibility index (Phi) is 7.12. The van der Waals surface area contributed by atoms with E-state index in [0.717, 1.165) is 0 Å². The molecule has 0 spiro atoms. The summed E-state index contributed by atoms with van der Waals surface area (Å²) in [5, 5.41) is 0. The van der Waals surface area contributed by atoms with E-state index in [-0.39, 0.29) is 0 Å². The molecule has 0 fully saturated rings. The van der Waals surface area contributed by atoms with Gasteiger partial charge in [-0.05, 0) is 0 Å². The van der Waals surface area contributed by atoms with Crippen LogP contribution in [0.1, 0.15) is 0 Å². The molecule has 25 heavy (non-hydrogen) atoms. The van der Waals surface area contributed by atoms with Crippen LogP contribution in [0.25, 0.3) is 0 Å². The maximum atomic E-state index is 13.0. The molecule has 0 radical (unpaired) electrons. The van der Waals surface area contributed by atoms with Gasteiger partial charge in [-0.15, -0.1) is 0 Å². The summed E-state index contributed by atoms with van der Waals surface area (Å²) < 4.78 is 188. The van der Waals surface area contributed by atoms with Gasteiger partial charge in [0, 0.05) is 0 Å². The standard InChI is InChI=1S/C10H5F15/c11-1(3(13)6(16)17)2(12)4(14)8(20,21)10(24,25)9(22,23)5(15)7(18)19/h1-4,6H. The second-order valence-electron chi connectivity index (χ2n) is 4.42. The van der Waals surface area contributed by atoms with Crippen LogP contribution in [0, 0.1) is 0 Å². The fraction of sp³-hybridized carbons (Fsp3) is 0.800. The molecule has 15 heteroatoms. The molecule has 0 heterocycles. The Balaban J connectivity index is 5.84. The predicted molar refractivity (Wildman–Crippen MR) is 50.8 cm³/mol. The van der Waals surface area contributed by atoms with Gasteiger partial charge in [0.1, 0.15) is 0 Å². The van der Waals surface area contributed by atoms with E-state index < -0.39 is 60.8 Å². The number of alkyl halides is 12. The third-order valence-corrected chi connectivity index (χ3v) is 2.73. The topological polar surface area (TPSA) is 0 Å². The summed E-state index contributed by atoms with van der Waals surface area (Å²) in [5.41, 5.74) is 0. The molecule has 0 bridgehead atoms. The maximum absolute atomic E-state index is 13.0. The largest absolute Gasteiger partial charge is 0.382 e. The normalized spacial score (nSPS) is 18.7. The fourth-order valence-electron chi connectivity index (χ4n) is 1.31. The summed E-state index contributed by atoms with van der Waals surface area (Å²) in [6.45, 7) is 0. The molecule has 0 aromatic heterocycles. The predicted octanol–water partition coefficient (Wildman–Crippen LogP) is 5.59. The van der Waals surface area contributed by atoms with E-state index in [1.165, 1.54) is 0 Å². The van der Waals surface area contributed by atoms with Gasteiger partial charge < -0.3 is 0 Å². The highest BCUT2D eigenvalue weighted by atomic mass is 19.4. The first kappa shape index (κ1) is 23.7. The van der Waals surface area contributed by atoms with Crippen molar-refractivity contribution in [3.8, 4) is 0 Å². The second kappa shape index (κ2) is 7.51. The Bertz CT molecular complexity index is 479. The van der Waals surface area contributed by atoms with Crippen molar-refractivity contribution < 1.29 is 65.9 Å². The lowest BCUT2D eigenvalue weighted by atomic mass is 9.94. The van der Waals surface area contributed by atoms with Crippen LogP contribution in [0.4, 0.5) is 65.9 Å². The average Bonchev–Trinajstić information content (AvgIpc) is 2.50. The highest BCUT2D eigenvalue weighted by molar-refractivity contribution is 5.16. The zero-order valence-electron chi connectivity index (χ0n) is 11.1. The Morgan fingerprint density at radius 3 is 1.32 bits per heavy atom. The summed E-state index contributed by atoms with van der Waals surface area (Å²) in [5.74, 6) is -26.0. The highest BCUT2D eigenvalue weighted by Gasteiger charge is 2.78. The van der Waals surface area contributed by atoms with Crippen molar-refractivity contribution in [3.05, 3.63) is 11.9 Å². The number of hydrogen-bond acceptors (Lipinski definition) is 0. The molecule has 0 aromatic rings. The number of hydrogen-bond donors (Lipinski definition) is 0. The summed E-state index contributed by atoms with van der Waals surface area (Å²) in [7, 11) is 0. The number of rotatable bonds is 8. The van der Waals surface area contributed by atoms with Crippen LogP contribution >= 0.6 is 0 Å². The summed E-state index contributed by atoms with van der Waals surface area (Å²) in [6, 6.07) is 0. The van der Waals surface area contributed by atoms with Gasteiger partial charge in [0.15, 0.2) is 18.5 Å². The molecule has 0 N–H and O–H groups in total. The first-order valence-corrected chi connectivity index (χ1v) is 5.63. The van der Waals surface area contributed by atoms with E-state index >= 15 is 0 Å². The van der Waals surface area contributed by atoms with Gasteiger partial charge in [0.2, 0.25) is 12.0 Å². The first-order chi connectivity index (χ1) is 10.9. The molecule has 0 amide bonds. The smallest absolute Gasteiger partial charge is 0.241 e. The maximum Gasteiger partial charge on any atom is 0.382 e. The number of allylic oxidation sites excluding steroid dienone is 1. The van der Waals surface area contributed by atoms with E-state index in [1.54, 1.807) is 0 Å². The Morgan fingerprint density at radius 1 is 0.600 bits per heavy atom. The molecule has 0 rings (SSSR count). The van der Waals surface area contributed by atoms with Crippen LogP contribution in [-0.2, 0) is 0 Å². The van der Waals surface area contributed by atoms with E-state index in [1.807, 2.05) is 0 Å². The molecule has 4 atom stereocenters. The Hall–Kier alpha value is -1.31. The van der Waals surface area contributed by atoms with Crippen molar-refractivity contribution in [3.63, 3.8) is 0 Å². The molecular weight excluding hydrogens is 405 g/mol. The lowest BCUT2D eigenvalue weighted by molar-refractivity contribution is -0.324. The van der Waals surface area contributed by atoms with Crippen LogP contribution < -0.4 is 0 Å². The minimum atomic E-state index is -7.41. The third-order valence-electron chi connectivity index (χ3n) is 2.73. The minimum absolute atomic E-state index is 4.21. The van der Waals surface area contributed by atoms with Gasteiger partial charge in [0.25, 0.3) is 6.43 Å². The van der Waals surface area contributed by atoms with Crippen molar-refractivity contribution in [1.29, 1.82) is 0 Å². The van der Waals surface area contributed by atoms with Gasteiger partial charge in [-0.2, -0.15) is 39.5 Å². The van der Waals surface area contributed by atoms with Crippen LogP contribution in [0.3, 0.4) is 0 Å². The molecule has 150 valence electrons. The first-order valence-electron chi connectivity index (χ1n) is 5.63. The third kappa shape index (κ3) is 4.10.